The van der Waals surface area contributed by atoms with Crippen LogP contribution in [0.1, 0.15) is 23.2 Å². The summed E-state index contributed by atoms with van der Waals surface area (Å²) in [5.41, 5.74) is 0.145. The van der Waals surface area contributed by atoms with Crippen LogP contribution >= 0.6 is 0 Å². The predicted molar refractivity (Wildman–Crippen MR) is 62.4 cm³/mol. The Kier molecular flexibility index (Phi) is 3.23. The minimum Gasteiger partial charge on any atom is -0.456 e. The van der Waals surface area contributed by atoms with Gasteiger partial charge in [0.1, 0.15) is 11.6 Å². The maximum Gasteiger partial charge on any atom is 0.291 e. The molecule has 0 unspecified atom stereocenters. The molecule has 0 atom stereocenters. The topological polar surface area (TPSA) is 42.2 Å². The van der Waals surface area contributed by atoms with Gasteiger partial charge in [-0.1, -0.05) is 19.1 Å². The summed E-state index contributed by atoms with van der Waals surface area (Å²) < 4.78 is 18.6. The standard InChI is InChI=1S/C13H12FNO2/c1-2-9-7-8-12(17-9)13(16)15-11-6-4-3-5-10(11)14/h3-8H,2H2,1H3,(H,15,16). The summed E-state index contributed by atoms with van der Waals surface area (Å²) in [6.07, 6.45) is 0.715. The van der Waals surface area contributed by atoms with Gasteiger partial charge in [-0.25, -0.2) is 4.39 Å². The van der Waals surface area contributed by atoms with E-state index in [1.165, 1.54) is 12.1 Å². The Morgan fingerprint density at radius 3 is 2.71 bits per heavy atom. The maximum atomic E-state index is 13.3. The van der Waals surface area contributed by atoms with E-state index in [4.69, 9.17) is 4.42 Å². The molecule has 0 saturated carbocycles. The molecule has 1 aromatic carbocycles. The largest absolute Gasteiger partial charge is 0.456 e. The fraction of sp³-hybridized carbons (Fsp3) is 0.154. The number of benzene rings is 1. The van der Waals surface area contributed by atoms with Gasteiger partial charge in [-0.15, -0.1) is 0 Å². The van der Waals surface area contributed by atoms with Crippen molar-refractivity contribution in [3.63, 3.8) is 0 Å². The second-order valence-electron chi connectivity index (χ2n) is 3.55. The summed E-state index contributed by atoms with van der Waals surface area (Å²) in [6.45, 7) is 1.93. The molecule has 2 aromatic rings. The summed E-state index contributed by atoms with van der Waals surface area (Å²) >= 11 is 0. The summed E-state index contributed by atoms with van der Waals surface area (Å²) in [6, 6.07) is 9.31. The van der Waals surface area contributed by atoms with Crippen molar-refractivity contribution in [2.24, 2.45) is 0 Å². The Bertz CT molecular complexity index is 534. The number of amides is 1. The van der Waals surface area contributed by atoms with E-state index in [1.807, 2.05) is 6.92 Å². The number of rotatable bonds is 3. The van der Waals surface area contributed by atoms with E-state index in [9.17, 15) is 9.18 Å². The van der Waals surface area contributed by atoms with Crippen molar-refractivity contribution in [1.82, 2.24) is 0 Å². The Morgan fingerprint density at radius 2 is 2.06 bits per heavy atom. The summed E-state index contributed by atoms with van der Waals surface area (Å²) in [5.74, 6) is -0.00768. The van der Waals surface area contributed by atoms with Gasteiger partial charge in [0.15, 0.2) is 5.76 Å². The van der Waals surface area contributed by atoms with Crippen LogP contribution in [0.25, 0.3) is 0 Å². The average molecular weight is 233 g/mol. The van der Waals surface area contributed by atoms with E-state index in [1.54, 1.807) is 24.3 Å². The zero-order valence-corrected chi connectivity index (χ0v) is 9.37. The lowest BCUT2D eigenvalue weighted by molar-refractivity contribution is 0.0994. The molecule has 0 aliphatic rings. The van der Waals surface area contributed by atoms with Crippen molar-refractivity contribution in [3.8, 4) is 0 Å². The molecule has 1 aromatic heterocycles. The first-order valence-electron chi connectivity index (χ1n) is 5.35. The molecule has 0 saturated heterocycles. The van der Waals surface area contributed by atoms with Crippen molar-refractivity contribution in [2.45, 2.75) is 13.3 Å². The first-order valence-corrected chi connectivity index (χ1v) is 5.35. The molecule has 0 radical (unpaired) electrons. The summed E-state index contributed by atoms with van der Waals surface area (Å²) in [7, 11) is 0. The van der Waals surface area contributed by atoms with Crippen molar-refractivity contribution in [1.29, 1.82) is 0 Å². The van der Waals surface area contributed by atoms with Crippen LogP contribution < -0.4 is 5.32 Å². The monoisotopic (exact) mass is 233 g/mol. The second kappa shape index (κ2) is 4.82. The van der Waals surface area contributed by atoms with Crippen LogP contribution in [0.2, 0.25) is 0 Å². The highest BCUT2D eigenvalue weighted by molar-refractivity contribution is 6.02. The fourth-order valence-corrected chi connectivity index (χ4v) is 1.44. The Morgan fingerprint density at radius 1 is 1.29 bits per heavy atom. The molecule has 1 amide bonds. The van der Waals surface area contributed by atoms with E-state index in [-0.39, 0.29) is 11.4 Å². The Balaban J connectivity index is 2.14. The molecule has 2 rings (SSSR count). The van der Waals surface area contributed by atoms with E-state index in [0.29, 0.717) is 6.42 Å². The number of aryl methyl sites for hydroxylation is 1. The molecule has 17 heavy (non-hydrogen) atoms. The fourth-order valence-electron chi connectivity index (χ4n) is 1.44. The Labute approximate surface area is 98.3 Å². The van der Waals surface area contributed by atoms with Crippen LogP contribution in [0.3, 0.4) is 0 Å². The highest BCUT2D eigenvalue weighted by Crippen LogP contribution is 2.15. The lowest BCUT2D eigenvalue weighted by Gasteiger charge is -2.03. The molecule has 0 aliphatic heterocycles. The van der Waals surface area contributed by atoms with Crippen LogP contribution in [0.15, 0.2) is 40.8 Å². The first-order chi connectivity index (χ1) is 8.20. The van der Waals surface area contributed by atoms with Gasteiger partial charge in [-0.3, -0.25) is 4.79 Å². The van der Waals surface area contributed by atoms with Gasteiger partial charge < -0.3 is 9.73 Å². The molecule has 4 heteroatoms. The van der Waals surface area contributed by atoms with Crippen LogP contribution in [-0.2, 0) is 6.42 Å². The van der Waals surface area contributed by atoms with Gasteiger partial charge in [0.05, 0.1) is 5.69 Å². The molecule has 0 fully saturated rings. The third-order valence-electron chi connectivity index (χ3n) is 2.36. The molecular weight excluding hydrogens is 221 g/mol. The van der Waals surface area contributed by atoms with E-state index in [0.717, 1.165) is 5.76 Å². The lowest BCUT2D eigenvalue weighted by atomic mass is 10.3. The van der Waals surface area contributed by atoms with Gasteiger partial charge in [0.25, 0.3) is 5.91 Å². The number of carbonyl (C=O) groups excluding carboxylic acids is 1. The number of nitrogens with one attached hydrogen (secondary N) is 1. The number of hydrogen-bond donors (Lipinski definition) is 1. The zero-order valence-electron chi connectivity index (χ0n) is 9.37. The van der Waals surface area contributed by atoms with Crippen LogP contribution in [0.4, 0.5) is 10.1 Å². The van der Waals surface area contributed by atoms with Gasteiger partial charge in [-0.2, -0.15) is 0 Å². The van der Waals surface area contributed by atoms with E-state index < -0.39 is 11.7 Å². The molecule has 3 nitrogen and oxygen atoms in total. The summed E-state index contributed by atoms with van der Waals surface area (Å²) in [4.78, 5) is 11.7. The normalized spacial score (nSPS) is 10.2. The van der Waals surface area contributed by atoms with Gasteiger partial charge in [0.2, 0.25) is 0 Å². The first kappa shape index (κ1) is 11.4. The highest BCUT2D eigenvalue weighted by atomic mass is 19.1. The molecule has 0 aliphatic carbocycles. The molecule has 1 heterocycles. The van der Waals surface area contributed by atoms with Gasteiger partial charge in [0, 0.05) is 6.42 Å². The number of carbonyl (C=O) groups is 1. The SMILES string of the molecule is CCc1ccc(C(=O)Nc2ccccc2F)o1. The number of hydrogen-bond acceptors (Lipinski definition) is 2. The molecular formula is C13H12FNO2. The van der Waals surface area contributed by atoms with Gasteiger partial charge in [-0.05, 0) is 24.3 Å². The third kappa shape index (κ3) is 2.53. The molecule has 0 spiro atoms. The van der Waals surface area contributed by atoms with Crippen molar-refractivity contribution in [2.75, 3.05) is 5.32 Å². The smallest absolute Gasteiger partial charge is 0.291 e. The number of furan rings is 1. The van der Waals surface area contributed by atoms with Crippen LogP contribution in [-0.4, -0.2) is 5.91 Å². The zero-order chi connectivity index (χ0) is 12.3. The average Bonchev–Trinajstić information content (AvgIpc) is 2.81. The van der Waals surface area contributed by atoms with Gasteiger partial charge >= 0.3 is 0 Å². The van der Waals surface area contributed by atoms with Crippen LogP contribution in [0.5, 0.6) is 0 Å². The van der Waals surface area contributed by atoms with Crippen molar-refractivity contribution < 1.29 is 13.6 Å². The van der Waals surface area contributed by atoms with E-state index >= 15 is 0 Å². The second-order valence-corrected chi connectivity index (χ2v) is 3.55. The van der Waals surface area contributed by atoms with Crippen molar-refractivity contribution >= 4 is 11.6 Å². The number of anilines is 1. The number of para-hydroxylation sites is 1. The minimum atomic E-state index is -0.469. The third-order valence-corrected chi connectivity index (χ3v) is 2.36. The minimum absolute atomic E-state index is 0.145. The number of halogens is 1. The summed E-state index contributed by atoms with van der Waals surface area (Å²) in [5, 5.41) is 2.46. The lowest BCUT2D eigenvalue weighted by Crippen LogP contribution is -2.11. The molecule has 1 N–H and O–H groups in total. The molecule has 88 valence electrons. The maximum absolute atomic E-state index is 13.3. The highest BCUT2D eigenvalue weighted by Gasteiger charge is 2.12. The quantitative estimate of drug-likeness (QED) is 0.884. The van der Waals surface area contributed by atoms with Crippen molar-refractivity contribution in [3.05, 3.63) is 53.7 Å². The van der Waals surface area contributed by atoms with E-state index in [2.05, 4.69) is 5.32 Å². The Hall–Kier alpha value is -2.10. The van der Waals surface area contributed by atoms with Crippen LogP contribution in [0, 0.1) is 5.82 Å². The molecule has 0 bridgehead atoms. The predicted octanol–water partition coefficient (Wildman–Crippen LogP) is 3.23.